The fourth-order valence-corrected chi connectivity index (χ4v) is 13.0. The number of benzene rings is 5. The number of rotatable bonds is 12. The number of likely N-dealkylation sites (tertiary alicyclic amines) is 4. The van der Waals surface area contributed by atoms with Crippen molar-refractivity contribution >= 4 is 108 Å². The minimum absolute atomic E-state index is 0. The third-order valence-electron chi connectivity index (χ3n) is 17.0. The Hall–Kier alpha value is -6.80. The molecule has 0 aliphatic carbocycles. The van der Waals surface area contributed by atoms with Crippen LogP contribution in [0.25, 0.3) is 11.1 Å². The minimum Gasteiger partial charge on any atom is -0.503 e. The molecule has 4 aliphatic heterocycles. The summed E-state index contributed by atoms with van der Waals surface area (Å²) in [6, 6.07) is 17.8. The van der Waals surface area contributed by atoms with Gasteiger partial charge in [-0.1, -0.05) is 76.9 Å². The number of carbonyl (C=O) groups excluding carboxylic acids is 4. The molecule has 0 unspecified atom stereocenters. The fraction of sp³-hybridized carbons (Fsp3) is 0.570. The average molecular weight is 1860 g/mol. The predicted molar refractivity (Wildman–Crippen MR) is 442 cm³/mol. The smallest absolute Gasteiger partial charge is 0.488 e. The summed E-state index contributed by atoms with van der Waals surface area (Å²) >= 11 is 5.89. The Labute approximate surface area is 701 Å². The van der Waals surface area contributed by atoms with Gasteiger partial charge in [0.05, 0.1) is 29.3 Å². The Morgan fingerprint density at radius 2 is 0.698 bits per heavy atom. The first-order valence-corrected chi connectivity index (χ1v) is 45.1. The lowest BCUT2D eigenvalue weighted by atomic mass is 9.81. The number of amides is 4. The molecule has 4 heterocycles. The molecule has 9 rings (SSSR count). The number of phenols is 1. The van der Waals surface area contributed by atoms with Crippen LogP contribution in [-0.2, 0) is 47.7 Å². The summed E-state index contributed by atoms with van der Waals surface area (Å²) in [4.78, 5) is 54.6. The van der Waals surface area contributed by atoms with Crippen LogP contribution >= 0.6 is 42.5 Å². The van der Waals surface area contributed by atoms with E-state index in [1.807, 2.05) is 88.0 Å². The summed E-state index contributed by atoms with van der Waals surface area (Å²) in [5.74, 6) is -5.44. The van der Waals surface area contributed by atoms with Gasteiger partial charge in [0.25, 0.3) is 0 Å². The van der Waals surface area contributed by atoms with Crippen LogP contribution in [0, 0.1) is 58.6 Å². The molecule has 0 atom stereocenters. The summed E-state index contributed by atoms with van der Waals surface area (Å²) in [7, 11) is -6.82. The minimum atomic E-state index is -3.36. The molecular weight excluding hydrogens is 1740 g/mol. The van der Waals surface area contributed by atoms with Crippen LogP contribution < -0.4 is 14.9 Å². The van der Waals surface area contributed by atoms with Crippen molar-refractivity contribution in [1.82, 2.24) is 19.6 Å². The first-order valence-electron chi connectivity index (χ1n) is 37.0. The number of hydrogen-bond acceptors (Lipinski definition) is 20. The van der Waals surface area contributed by atoms with Gasteiger partial charge in [-0.25, -0.2) is 70.8 Å². The lowest BCUT2D eigenvalue weighted by molar-refractivity contribution is 0.0151. The number of aromatic hydroxyl groups is 1. The van der Waals surface area contributed by atoms with Gasteiger partial charge in [0.15, 0.2) is 71.8 Å². The van der Waals surface area contributed by atoms with E-state index in [2.05, 4.69) is 49.5 Å². The maximum atomic E-state index is 14.6. The average Bonchev–Trinajstić information content (AvgIpc) is 0.808. The van der Waals surface area contributed by atoms with E-state index in [9.17, 15) is 70.8 Å². The van der Waals surface area contributed by atoms with Crippen LogP contribution in [0.3, 0.4) is 0 Å². The number of piperidine rings is 4. The Morgan fingerprint density at radius 1 is 0.448 bits per heavy atom. The van der Waals surface area contributed by atoms with Gasteiger partial charge in [0.2, 0.25) is 9.05 Å². The van der Waals surface area contributed by atoms with Crippen molar-refractivity contribution in [2.75, 3.05) is 90.9 Å². The maximum absolute atomic E-state index is 14.6. The molecule has 116 heavy (non-hydrogen) atoms. The molecule has 4 amide bonds. The van der Waals surface area contributed by atoms with Gasteiger partial charge < -0.3 is 68.3 Å². The molecule has 24 nitrogen and oxygen atoms in total. The molecule has 654 valence electrons. The van der Waals surface area contributed by atoms with Crippen molar-refractivity contribution in [3.8, 4) is 28.4 Å². The number of hydrogen-bond donors (Lipinski definition) is 4. The molecule has 0 aromatic heterocycles. The summed E-state index contributed by atoms with van der Waals surface area (Å²) in [5, 5.41) is 35.0. The highest BCUT2D eigenvalue weighted by atomic mass is 79.9. The number of ether oxygens (including phenoxy) is 6. The van der Waals surface area contributed by atoms with Crippen molar-refractivity contribution in [3.05, 3.63) is 129 Å². The van der Waals surface area contributed by atoms with Crippen molar-refractivity contribution < 1.29 is 119 Å². The summed E-state index contributed by atoms with van der Waals surface area (Å²) in [6.45, 7) is 30.2. The number of aliphatic hydroxyl groups is 1. The summed E-state index contributed by atoms with van der Waals surface area (Å²) in [6.07, 6.45) is 9.94. The molecule has 4 aliphatic rings. The van der Waals surface area contributed by atoms with Crippen LogP contribution in [0.5, 0.6) is 17.2 Å². The normalized spacial score (nSPS) is 15.3. The first-order chi connectivity index (χ1) is 52.8. The molecular formula is C79H114BBr2ClF6N4O20S3. The van der Waals surface area contributed by atoms with E-state index < -0.39 is 99.0 Å². The first kappa shape index (κ1) is 105. The number of sulfone groups is 2. The van der Waals surface area contributed by atoms with E-state index >= 15 is 0 Å². The third kappa shape index (κ3) is 41.3. The van der Waals surface area contributed by atoms with E-state index in [0.29, 0.717) is 80.9 Å². The Balaban J connectivity index is 0.000000486. The Morgan fingerprint density at radius 3 is 0.948 bits per heavy atom. The van der Waals surface area contributed by atoms with Crippen molar-refractivity contribution in [1.29, 1.82) is 0 Å². The van der Waals surface area contributed by atoms with Gasteiger partial charge in [-0.2, -0.15) is 0 Å². The van der Waals surface area contributed by atoms with Gasteiger partial charge in [-0.15, -0.1) is 0 Å². The van der Waals surface area contributed by atoms with Crippen molar-refractivity contribution in [2.45, 2.75) is 187 Å². The Kier molecular flexibility index (Phi) is 42.9. The zero-order chi connectivity index (χ0) is 87.5. The number of phenolic OH excluding ortho intramolecular Hbond substituents is 1. The number of aliphatic hydroxyl groups excluding tert-OH is 1. The van der Waals surface area contributed by atoms with Crippen LogP contribution in [0.4, 0.5) is 45.5 Å². The maximum Gasteiger partial charge on any atom is 0.488 e. The lowest BCUT2D eigenvalue weighted by Gasteiger charge is -2.33. The standard InChI is InChI=1S/C24H29F2NO5S.C17H22BrF2NO3.C12H23NO2.C11H21NO3.C7H9BO4S.C6H3BrF2O.CH3ClO2S.CH4/c1-24(2,3)32-23(28)27-11-9-16(10-12-27)15-31-22-20(25)13-18(14-21(22)26)17-5-7-19(8-6-17)33(4,29)30;1-17(2,3)24-16(22)21-6-4-11(5-7-21)10-23-15-13(19)8-12(18)9-14(15)20;1-5-10-6-8-13(9-7-10)11(14)15-12(2,3)4;1-11(2,3)15-10(14)12-6-4-9(8-13)5-7-12;1-13(11,12)7-4-2-6(3-5-7)8(9)10;7-3-1-4(8)6(10)5(9)2-3;1-5(2,3)4;/h5-8,13-14,16H,9-12,15H2,1-4H3;8-9,11H,4-7,10H2,1-3H3;10H,5-9H2,1-4H3;9,13H,4-8H2,1-3H3;2-5,9-10H,1H3;1-2,10H;1H3;1H4. The number of carbonyl (C=O) groups is 4. The SMILES string of the molecule is C.CC(C)(C)OC(=O)N1CCC(CO)CC1.CC(C)(C)OC(=O)N1CCC(COc2c(F)cc(-c3ccc(S(C)(=O)=O)cc3)cc2F)CC1.CC(C)(C)OC(=O)N1CCC(COc2c(F)cc(Br)cc2F)CC1.CCC1CCN(C(=O)OC(C)(C)C)CC1.CS(=O)(=O)Cl.CS(=O)(=O)c1ccc(B(O)O)cc1.Oc1c(F)cc(Br)cc1F. The summed E-state index contributed by atoms with van der Waals surface area (Å²) < 4.78 is 178. The summed E-state index contributed by atoms with van der Waals surface area (Å²) in [5.41, 5.74) is -0.845. The molecule has 4 fully saturated rings. The van der Waals surface area contributed by atoms with E-state index in [1.54, 1.807) is 14.7 Å². The second-order valence-electron chi connectivity index (χ2n) is 31.7. The number of nitrogens with zero attached hydrogens (tertiary/aromatic N) is 4. The molecule has 37 heteroatoms. The molecule has 4 saturated heterocycles. The van der Waals surface area contributed by atoms with E-state index in [-0.39, 0.29) is 100 Å². The van der Waals surface area contributed by atoms with E-state index in [4.69, 9.17) is 48.7 Å². The van der Waals surface area contributed by atoms with Crippen LogP contribution in [0.1, 0.15) is 155 Å². The highest BCUT2D eigenvalue weighted by Gasteiger charge is 2.32. The fourth-order valence-electron chi connectivity index (χ4n) is 10.9. The quantitative estimate of drug-likeness (QED) is 0.0390. The predicted octanol–water partition coefficient (Wildman–Crippen LogP) is 16.5. The van der Waals surface area contributed by atoms with Crippen LogP contribution in [0.15, 0.2) is 104 Å². The zero-order valence-corrected chi connectivity index (χ0v) is 74.2. The molecule has 0 saturated carbocycles. The highest BCUT2D eigenvalue weighted by molar-refractivity contribution is 9.10. The molecule has 4 N–H and O–H groups in total. The monoisotopic (exact) mass is 1850 g/mol. The molecule has 0 radical (unpaired) electrons. The largest absolute Gasteiger partial charge is 0.503 e. The number of halogens is 9. The third-order valence-corrected chi connectivity index (χ3v) is 20.2. The topological polar surface area (TPSA) is 320 Å². The molecule has 5 aromatic carbocycles. The Bertz CT molecular complexity index is 4180. The van der Waals surface area contributed by atoms with E-state index in [0.717, 1.165) is 75.6 Å². The van der Waals surface area contributed by atoms with Gasteiger partial charge in [0, 0.05) is 91.1 Å². The zero-order valence-electron chi connectivity index (χ0n) is 67.8. The molecule has 0 spiro atoms. The van der Waals surface area contributed by atoms with Gasteiger partial charge >= 0.3 is 31.5 Å². The van der Waals surface area contributed by atoms with E-state index in [1.165, 1.54) is 79.2 Å². The van der Waals surface area contributed by atoms with Gasteiger partial charge in [-0.05, 0) is 235 Å². The van der Waals surface area contributed by atoms with Gasteiger partial charge in [-0.3, -0.25) is 0 Å². The van der Waals surface area contributed by atoms with Crippen molar-refractivity contribution in [2.24, 2.45) is 23.7 Å². The lowest BCUT2D eigenvalue weighted by Crippen LogP contribution is -2.42. The second kappa shape index (κ2) is 47.3. The molecule has 5 aromatic rings. The highest BCUT2D eigenvalue weighted by Crippen LogP contribution is 2.33. The van der Waals surface area contributed by atoms with Gasteiger partial charge in [0.1, 0.15) is 22.4 Å². The second-order valence-corrected chi connectivity index (χ2v) is 40.6. The van der Waals surface area contributed by atoms with Crippen molar-refractivity contribution in [3.63, 3.8) is 0 Å². The van der Waals surface area contributed by atoms with Crippen LogP contribution in [0.2, 0.25) is 0 Å². The van der Waals surface area contributed by atoms with Crippen LogP contribution in [-0.4, -0.2) is 210 Å². The molecule has 0 bridgehead atoms.